The van der Waals surface area contributed by atoms with Gasteiger partial charge in [-0.2, -0.15) is 0 Å². The summed E-state index contributed by atoms with van der Waals surface area (Å²) in [6.07, 6.45) is 6.12. The lowest BCUT2D eigenvalue weighted by atomic mass is 10.1. The van der Waals surface area contributed by atoms with Crippen molar-refractivity contribution in [2.75, 3.05) is 24.7 Å². The number of nitrogens with zero attached hydrogens (tertiary/aromatic N) is 2. The highest BCUT2D eigenvalue weighted by Gasteiger charge is 1.99. The molecule has 3 nitrogen and oxygen atoms in total. The molecular weight excluding hydrogens is 361 g/mol. The highest BCUT2D eigenvalue weighted by Crippen LogP contribution is 2.14. The third kappa shape index (κ3) is 4.23. The normalized spacial score (nSPS) is 10.3. The zero-order valence-electron chi connectivity index (χ0n) is 12.0. The molecule has 0 atom stereocenters. The molecule has 1 aromatic carbocycles. The summed E-state index contributed by atoms with van der Waals surface area (Å²) in [6, 6.07) is 12.4. The van der Waals surface area contributed by atoms with Crippen LogP contribution >= 0.6 is 0 Å². The summed E-state index contributed by atoms with van der Waals surface area (Å²) in [6.45, 7) is 0. The minimum Gasteiger partial charge on any atom is -1.00 e. The number of hydrogen-bond donors (Lipinski definition) is 1. The maximum absolute atomic E-state index is 5.87. The smallest absolute Gasteiger partial charge is 0.272 e. The molecule has 0 bridgehead atoms. The number of nitrogen functional groups attached to an aromatic ring is 1. The number of pyridine rings is 1. The predicted octanol–water partition coefficient (Wildman–Crippen LogP) is -0.666. The van der Waals surface area contributed by atoms with Crippen molar-refractivity contribution >= 4 is 23.7 Å². The highest BCUT2D eigenvalue weighted by molar-refractivity contribution is 5.70. The van der Waals surface area contributed by atoms with Gasteiger partial charge in [-0.15, -0.1) is 0 Å². The van der Waals surface area contributed by atoms with Crippen LogP contribution in [0.25, 0.3) is 12.2 Å². The molecule has 2 N–H and O–H groups in total. The van der Waals surface area contributed by atoms with Gasteiger partial charge in [0.05, 0.1) is 13.2 Å². The van der Waals surface area contributed by atoms with E-state index in [1.807, 2.05) is 44.0 Å². The number of aromatic nitrogens is 1. The summed E-state index contributed by atoms with van der Waals surface area (Å²) in [5, 5.41) is 0. The summed E-state index contributed by atoms with van der Waals surface area (Å²) in [5.41, 5.74) is 9.35. The van der Waals surface area contributed by atoms with Crippen molar-refractivity contribution < 1.29 is 28.5 Å². The Labute approximate surface area is 137 Å². The second-order valence-electron chi connectivity index (χ2n) is 4.82. The number of benzene rings is 1. The van der Waals surface area contributed by atoms with Crippen LogP contribution in [-0.4, -0.2) is 14.1 Å². The minimum atomic E-state index is 0. The largest absolute Gasteiger partial charge is 1.00 e. The molecule has 0 radical (unpaired) electrons. The first-order chi connectivity index (χ1) is 9.06. The van der Waals surface area contributed by atoms with E-state index in [-0.39, 0.29) is 24.0 Å². The van der Waals surface area contributed by atoms with Gasteiger partial charge in [-0.25, -0.2) is 4.57 Å². The molecule has 0 spiro atoms. The Morgan fingerprint density at radius 2 is 1.60 bits per heavy atom. The molecule has 0 saturated carbocycles. The summed E-state index contributed by atoms with van der Waals surface area (Å²) >= 11 is 0. The van der Waals surface area contributed by atoms with Gasteiger partial charge in [-0.1, -0.05) is 24.3 Å². The van der Waals surface area contributed by atoms with Gasteiger partial charge in [-0.3, -0.25) is 5.73 Å². The van der Waals surface area contributed by atoms with Crippen LogP contribution in [0.5, 0.6) is 0 Å². The minimum absolute atomic E-state index is 0. The van der Waals surface area contributed by atoms with Crippen LogP contribution in [0.4, 0.5) is 11.5 Å². The summed E-state index contributed by atoms with van der Waals surface area (Å²) in [5.74, 6) is 0.755. The molecular formula is C16H20IN3. The highest BCUT2D eigenvalue weighted by atomic mass is 127. The lowest BCUT2D eigenvalue weighted by Crippen LogP contribution is -3.00. The van der Waals surface area contributed by atoms with E-state index >= 15 is 0 Å². The van der Waals surface area contributed by atoms with Gasteiger partial charge in [0.2, 0.25) is 0 Å². The third-order valence-corrected chi connectivity index (χ3v) is 3.09. The number of anilines is 2. The van der Waals surface area contributed by atoms with Crippen LogP contribution in [0.1, 0.15) is 11.1 Å². The number of nitrogens with two attached hydrogens (primary N) is 1. The zero-order chi connectivity index (χ0) is 13.8. The standard InChI is InChI=1S/C16H19N3.HI/c1-18(2)15-8-6-13(7-9-15)4-5-14-10-11-19(3)16(17)12-14;/h4-12,17H,1-3H3;1H. The van der Waals surface area contributed by atoms with Crippen LogP contribution in [0, 0.1) is 0 Å². The Morgan fingerprint density at radius 1 is 1.00 bits per heavy atom. The molecule has 20 heavy (non-hydrogen) atoms. The lowest BCUT2D eigenvalue weighted by molar-refractivity contribution is -0.656. The van der Waals surface area contributed by atoms with E-state index in [9.17, 15) is 0 Å². The van der Waals surface area contributed by atoms with Gasteiger partial charge in [0.1, 0.15) is 0 Å². The predicted molar refractivity (Wildman–Crippen MR) is 81.7 cm³/mol. The van der Waals surface area contributed by atoms with Crippen molar-refractivity contribution in [2.24, 2.45) is 7.05 Å². The molecule has 0 aliphatic rings. The monoisotopic (exact) mass is 381 g/mol. The van der Waals surface area contributed by atoms with E-state index in [2.05, 4.69) is 41.3 Å². The first-order valence-corrected chi connectivity index (χ1v) is 6.27. The fourth-order valence-corrected chi connectivity index (χ4v) is 1.78. The summed E-state index contributed by atoms with van der Waals surface area (Å²) in [4.78, 5) is 2.09. The van der Waals surface area contributed by atoms with Crippen molar-refractivity contribution in [2.45, 2.75) is 0 Å². The van der Waals surface area contributed by atoms with E-state index in [0.29, 0.717) is 0 Å². The van der Waals surface area contributed by atoms with Crippen LogP contribution in [0.15, 0.2) is 42.6 Å². The molecule has 2 aromatic rings. The second-order valence-corrected chi connectivity index (χ2v) is 4.82. The topological polar surface area (TPSA) is 33.1 Å². The summed E-state index contributed by atoms with van der Waals surface area (Å²) < 4.78 is 1.89. The second kappa shape index (κ2) is 7.28. The maximum atomic E-state index is 5.87. The molecule has 1 aromatic heterocycles. The molecule has 0 unspecified atom stereocenters. The van der Waals surface area contributed by atoms with E-state index in [0.717, 1.165) is 11.4 Å². The first kappa shape index (κ1) is 16.5. The molecule has 106 valence electrons. The van der Waals surface area contributed by atoms with Crippen molar-refractivity contribution in [3.8, 4) is 0 Å². The molecule has 0 amide bonds. The molecule has 0 saturated heterocycles. The zero-order valence-corrected chi connectivity index (χ0v) is 14.2. The number of halogens is 1. The van der Waals surface area contributed by atoms with Gasteiger partial charge >= 0.3 is 0 Å². The maximum Gasteiger partial charge on any atom is 0.272 e. The molecule has 2 rings (SSSR count). The van der Waals surface area contributed by atoms with Gasteiger partial charge < -0.3 is 28.9 Å². The van der Waals surface area contributed by atoms with Crippen molar-refractivity contribution in [1.29, 1.82) is 0 Å². The molecule has 0 fully saturated rings. The van der Waals surface area contributed by atoms with Gasteiger partial charge in [0.25, 0.3) is 5.82 Å². The van der Waals surface area contributed by atoms with Crippen molar-refractivity contribution in [1.82, 2.24) is 0 Å². The van der Waals surface area contributed by atoms with Crippen LogP contribution in [0.2, 0.25) is 0 Å². The number of rotatable bonds is 3. The van der Waals surface area contributed by atoms with Crippen molar-refractivity contribution in [3.05, 3.63) is 53.7 Å². The number of aryl methyl sites for hydroxylation is 1. The molecule has 0 aliphatic carbocycles. The van der Waals surface area contributed by atoms with E-state index in [4.69, 9.17) is 5.73 Å². The van der Waals surface area contributed by atoms with Gasteiger partial charge in [-0.05, 0) is 29.3 Å². The van der Waals surface area contributed by atoms with Crippen LogP contribution < -0.4 is 39.2 Å². The van der Waals surface area contributed by atoms with Crippen molar-refractivity contribution in [3.63, 3.8) is 0 Å². The average Bonchev–Trinajstić information content (AvgIpc) is 2.40. The van der Waals surface area contributed by atoms with E-state index in [1.54, 1.807) is 0 Å². The van der Waals surface area contributed by atoms with Gasteiger partial charge in [0, 0.05) is 25.8 Å². The molecule has 1 heterocycles. The Hall–Kier alpha value is -1.56. The molecule has 0 aliphatic heterocycles. The average molecular weight is 381 g/mol. The van der Waals surface area contributed by atoms with Crippen LogP contribution in [-0.2, 0) is 7.05 Å². The summed E-state index contributed by atoms with van der Waals surface area (Å²) in [7, 11) is 6.01. The lowest BCUT2D eigenvalue weighted by Gasteiger charge is -2.11. The quantitative estimate of drug-likeness (QED) is 0.566. The Morgan fingerprint density at radius 3 is 2.15 bits per heavy atom. The number of hydrogen-bond acceptors (Lipinski definition) is 2. The van der Waals surface area contributed by atoms with Crippen LogP contribution in [0.3, 0.4) is 0 Å². The first-order valence-electron chi connectivity index (χ1n) is 6.27. The third-order valence-electron chi connectivity index (χ3n) is 3.09. The van der Waals surface area contributed by atoms with E-state index < -0.39 is 0 Å². The Balaban J connectivity index is 0.00000200. The van der Waals surface area contributed by atoms with Gasteiger partial charge in [0.15, 0.2) is 0 Å². The van der Waals surface area contributed by atoms with E-state index in [1.165, 1.54) is 11.3 Å². The SMILES string of the molecule is CN(C)c1ccc(C=Cc2cc[n+](C)c(N)c2)cc1.[I-]. The fraction of sp³-hybridized carbons (Fsp3) is 0.188. The Bertz CT molecular complexity index is 589. The fourth-order valence-electron chi connectivity index (χ4n) is 1.78. The molecule has 4 heteroatoms. The Kier molecular flexibility index (Phi) is 6.01.